The zero-order valence-corrected chi connectivity index (χ0v) is 16.2. The van der Waals surface area contributed by atoms with Crippen LogP contribution in [0.1, 0.15) is 21.5 Å². The minimum atomic E-state index is -0.261. The van der Waals surface area contributed by atoms with Crippen molar-refractivity contribution in [1.29, 1.82) is 0 Å². The molecular weight excluding hydrogens is 356 g/mol. The second-order valence-electron chi connectivity index (χ2n) is 6.32. The fraction of sp³-hybridized carbons (Fsp3) is 0.190. The van der Waals surface area contributed by atoms with Crippen LogP contribution in [0.2, 0.25) is 0 Å². The number of hydrogen-bond donors (Lipinski definition) is 2. The van der Waals surface area contributed by atoms with Crippen molar-refractivity contribution in [3.63, 3.8) is 0 Å². The summed E-state index contributed by atoms with van der Waals surface area (Å²) in [6, 6.07) is 11.3. The Labute approximate surface area is 163 Å². The van der Waals surface area contributed by atoms with Crippen LogP contribution >= 0.6 is 0 Å². The summed E-state index contributed by atoms with van der Waals surface area (Å²) < 4.78 is 10.5. The van der Waals surface area contributed by atoms with Crippen LogP contribution in [-0.4, -0.2) is 30.1 Å². The molecule has 144 valence electrons. The van der Waals surface area contributed by atoms with Crippen LogP contribution in [-0.2, 0) is 0 Å². The Morgan fingerprint density at radius 2 is 1.50 bits per heavy atom. The van der Waals surface area contributed by atoms with Gasteiger partial charge in [0.05, 0.1) is 19.8 Å². The van der Waals surface area contributed by atoms with E-state index in [0.717, 1.165) is 22.5 Å². The number of hydrogen-bond acceptors (Lipinski definition) is 6. The molecule has 0 saturated carbocycles. The molecule has 28 heavy (non-hydrogen) atoms. The SMILES string of the molecule is COc1ccc(Nc2ncc(C(=O)Nc3cc(C)cc(C)c3)cn2)cc1OC. The normalized spacial score (nSPS) is 10.3. The molecule has 3 aromatic rings. The lowest BCUT2D eigenvalue weighted by Crippen LogP contribution is -2.13. The van der Waals surface area contributed by atoms with E-state index in [1.54, 1.807) is 26.4 Å². The quantitative estimate of drug-likeness (QED) is 0.671. The second-order valence-corrected chi connectivity index (χ2v) is 6.32. The molecule has 7 heteroatoms. The predicted octanol–water partition coefficient (Wildman–Crippen LogP) is 4.11. The van der Waals surface area contributed by atoms with Crippen molar-refractivity contribution in [3.8, 4) is 11.5 Å². The summed E-state index contributed by atoms with van der Waals surface area (Å²) in [5.74, 6) is 1.34. The number of methoxy groups -OCH3 is 2. The third-order valence-electron chi connectivity index (χ3n) is 4.03. The van der Waals surface area contributed by atoms with Crippen LogP contribution in [0.3, 0.4) is 0 Å². The van der Waals surface area contributed by atoms with Gasteiger partial charge in [0.2, 0.25) is 5.95 Å². The van der Waals surface area contributed by atoms with E-state index in [0.29, 0.717) is 23.0 Å². The number of anilines is 3. The van der Waals surface area contributed by atoms with Crippen molar-refractivity contribution in [3.05, 3.63) is 65.5 Å². The second kappa shape index (κ2) is 8.39. The van der Waals surface area contributed by atoms with Gasteiger partial charge in [-0.1, -0.05) is 6.07 Å². The topological polar surface area (TPSA) is 85.4 Å². The van der Waals surface area contributed by atoms with Gasteiger partial charge in [0.1, 0.15) is 0 Å². The predicted molar refractivity (Wildman–Crippen MR) is 109 cm³/mol. The van der Waals surface area contributed by atoms with Crippen LogP contribution in [0, 0.1) is 13.8 Å². The van der Waals surface area contributed by atoms with Crippen molar-refractivity contribution in [1.82, 2.24) is 9.97 Å². The van der Waals surface area contributed by atoms with E-state index >= 15 is 0 Å². The van der Waals surface area contributed by atoms with Gasteiger partial charge in [-0.15, -0.1) is 0 Å². The molecule has 0 saturated heterocycles. The first-order valence-corrected chi connectivity index (χ1v) is 8.69. The van der Waals surface area contributed by atoms with E-state index in [-0.39, 0.29) is 5.91 Å². The molecule has 0 fully saturated rings. The van der Waals surface area contributed by atoms with E-state index in [1.165, 1.54) is 12.4 Å². The number of nitrogens with one attached hydrogen (secondary N) is 2. The van der Waals surface area contributed by atoms with Crippen LogP contribution in [0.4, 0.5) is 17.3 Å². The highest BCUT2D eigenvalue weighted by Gasteiger charge is 2.10. The minimum absolute atomic E-state index is 0.261. The Bertz CT molecular complexity index is 967. The van der Waals surface area contributed by atoms with Gasteiger partial charge < -0.3 is 20.1 Å². The molecule has 1 heterocycles. The van der Waals surface area contributed by atoms with Crippen molar-refractivity contribution >= 4 is 23.2 Å². The summed E-state index contributed by atoms with van der Waals surface area (Å²) in [4.78, 5) is 20.8. The first-order chi connectivity index (χ1) is 13.5. The maximum atomic E-state index is 12.4. The number of aryl methyl sites for hydroxylation is 2. The van der Waals surface area contributed by atoms with Crippen molar-refractivity contribution in [2.75, 3.05) is 24.9 Å². The molecular formula is C21H22N4O3. The van der Waals surface area contributed by atoms with E-state index in [1.807, 2.05) is 38.1 Å². The Morgan fingerprint density at radius 1 is 0.857 bits per heavy atom. The first-order valence-electron chi connectivity index (χ1n) is 8.69. The van der Waals surface area contributed by atoms with E-state index < -0.39 is 0 Å². The largest absolute Gasteiger partial charge is 0.493 e. The van der Waals surface area contributed by atoms with Gasteiger partial charge >= 0.3 is 0 Å². The van der Waals surface area contributed by atoms with E-state index in [9.17, 15) is 4.79 Å². The maximum absolute atomic E-state index is 12.4. The summed E-state index contributed by atoms with van der Waals surface area (Å²) in [6.07, 6.45) is 2.96. The Kier molecular flexibility index (Phi) is 5.74. The lowest BCUT2D eigenvalue weighted by molar-refractivity contribution is 0.102. The summed E-state index contributed by atoms with van der Waals surface area (Å²) in [5.41, 5.74) is 4.03. The molecule has 0 aliphatic rings. The molecule has 1 amide bonds. The number of rotatable bonds is 6. The molecule has 1 aromatic heterocycles. The Balaban J connectivity index is 1.70. The molecule has 0 aliphatic heterocycles. The van der Waals surface area contributed by atoms with Crippen LogP contribution in [0.5, 0.6) is 11.5 Å². The van der Waals surface area contributed by atoms with Gasteiger partial charge in [0.25, 0.3) is 5.91 Å². The highest BCUT2D eigenvalue weighted by molar-refractivity contribution is 6.04. The maximum Gasteiger partial charge on any atom is 0.258 e. The Hall–Kier alpha value is -3.61. The number of nitrogens with zero attached hydrogens (tertiary/aromatic N) is 2. The number of carbonyl (C=O) groups is 1. The van der Waals surface area contributed by atoms with Gasteiger partial charge in [0.15, 0.2) is 11.5 Å². The average molecular weight is 378 g/mol. The number of benzene rings is 2. The van der Waals surface area contributed by atoms with Crippen molar-refractivity contribution in [2.45, 2.75) is 13.8 Å². The summed E-state index contributed by atoms with van der Waals surface area (Å²) in [5, 5.41) is 5.94. The standard InChI is InChI=1S/C21H22N4O3/c1-13-7-14(2)9-17(8-13)24-20(26)15-11-22-21(23-12-15)25-16-5-6-18(27-3)19(10-16)28-4/h5-12H,1-4H3,(H,24,26)(H,22,23,25). The summed E-state index contributed by atoms with van der Waals surface area (Å²) in [7, 11) is 3.15. The third kappa shape index (κ3) is 4.56. The minimum Gasteiger partial charge on any atom is -0.493 e. The lowest BCUT2D eigenvalue weighted by Gasteiger charge is -2.11. The van der Waals surface area contributed by atoms with E-state index in [4.69, 9.17) is 9.47 Å². The molecule has 0 aliphatic carbocycles. The number of carbonyl (C=O) groups excluding carboxylic acids is 1. The fourth-order valence-electron chi connectivity index (χ4n) is 2.80. The van der Waals surface area contributed by atoms with Crippen LogP contribution in [0.25, 0.3) is 0 Å². The average Bonchev–Trinajstić information content (AvgIpc) is 2.67. The van der Waals surface area contributed by atoms with Gasteiger partial charge in [-0.25, -0.2) is 9.97 Å². The van der Waals surface area contributed by atoms with E-state index in [2.05, 4.69) is 20.6 Å². The smallest absolute Gasteiger partial charge is 0.258 e. The monoisotopic (exact) mass is 378 g/mol. The molecule has 0 atom stereocenters. The number of ether oxygens (including phenoxy) is 2. The van der Waals surface area contributed by atoms with Crippen LogP contribution in [0.15, 0.2) is 48.8 Å². The highest BCUT2D eigenvalue weighted by atomic mass is 16.5. The third-order valence-corrected chi connectivity index (χ3v) is 4.03. The van der Waals surface area contributed by atoms with Gasteiger partial charge in [-0.3, -0.25) is 4.79 Å². The molecule has 7 nitrogen and oxygen atoms in total. The first kappa shape index (κ1) is 19.2. The molecule has 2 N–H and O–H groups in total. The number of aromatic nitrogens is 2. The molecule has 3 rings (SSSR count). The van der Waals surface area contributed by atoms with Gasteiger partial charge in [-0.2, -0.15) is 0 Å². The molecule has 0 unspecified atom stereocenters. The highest BCUT2D eigenvalue weighted by Crippen LogP contribution is 2.30. The van der Waals surface area contributed by atoms with Gasteiger partial charge in [0, 0.05) is 29.8 Å². The summed E-state index contributed by atoms with van der Waals surface area (Å²) in [6.45, 7) is 3.97. The zero-order chi connectivity index (χ0) is 20.1. The van der Waals surface area contributed by atoms with Crippen molar-refractivity contribution in [2.24, 2.45) is 0 Å². The molecule has 0 radical (unpaired) electrons. The summed E-state index contributed by atoms with van der Waals surface area (Å²) >= 11 is 0. The van der Waals surface area contributed by atoms with Gasteiger partial charge in [-0.05, 0) is 49.2 Å². The molecule has 2 aromatic carbocycles. The molecule has 0 bridgehead atoms. The lowest BCUT2D eigenvalue weighted by atomic mass is 10.1. The van der Waals surface area contributed by atoms with Crippen LogP contribution < -0.4 is 20.1 Å². The van der Waals surface area contributed by atoms with Crippen molar-refractivity contribution < 1.29 is 14.3 Å². The zero-order valence-electron chi connectivity index (χ0n) is 16.2. The molecule has 0 spiro atoms. The fourth-order valence-corrected chi connectivity index (χ4v) is 2.80. The number of amides is 1. The Morgan fingerprint density at radius 3 is 2.11 bits per heavy atom.